The predicted octanol–water partition coefficient (Wildman–Crippen LogP) is 3.91. The fourth-order valence-corrected chi connectivity index (χ4v) is 1.66. The number of nitrogens with one attached hydrogen (secondary N) is 1. The minimum atomic E-state index is -4.26. The number of alkyl halides is 4. The molecule has 5 nitrogen and oxygen atoms in total. The summed E-state index contributed by atoms with van der Waals surface area (Å²) in [6.07, 6.45) is 0.0419. The van der Waals surface area contributed by atoms with Crippen molar-refractivity contribution < 1.29 is 31.5 Å². The highest BCUT2D eigenvalue weighted by Crippen LogP contribution is 2.24. The van der Waals surface area contributed by atoms with Gasteiger partial charge in [-0.15, -0.1) is 0 Å². The minimum Gasteiger partial charge on any atom is -0.471 e. The van der Waals surface area contributed by atoms with Crippen LogP contribution in [0.15, 0.2) is 41.0 Å². The number of ether oxygens (including phenoxy) is 1. The van der Waals surface area contributed by atoms with E-state index in [4.69, 9.17) is 4.42 Å². The van der Waals surface area contributed by atoms with Crippen LogP contribution in [0.5, 0.6) is 5.88 Å². The number of nitrogens with zero attached hydrogens (tertiary/aromatic N) is 1. The third kappa shape index (κ3) is 5.63. The second kappa shape index (κ2) is 7.82. The molecular weight excluding hydrogens is 344 g/mol. The summed E-state index contributed by atoms with van der Waals surface area (Å²) >= 11 is 0. The van der Waals surface area contributed by atoms with E-state index >= 15 is 0 Å². The van der Waals surface area contributed by atoms with Crippen molar-refractivity contribution in [2.45, 2.75) is 19.3 Å². The molecule has 9 heteroatoms. The number of amides is 1. The molecule has 25 heavy (non-hydrogen) atoms. The van der Waals surface area contributed by atoms with E-state index in [2.05, 4.69) is 15.0 Å². The van der Waals surface area contributed by atoms with E-state index in [1.54, 1.807) is 19.1 Å². The molecule has 1 amide bonds. The number of aryl methyl sites for hydroxylation is 1. The van der Waals surface area contributed by atoms with Gasteiger partial charge in [0.25, 0.3) is 0 Å². The van der Waals surface area contributed by atoms with Gasteiger partial charge in [0.2, 0.25) is 11.8 Å². The van der Waals surface area contributed by atoms with Gasteiger partial charge in [0, 0.05) is 12.1 Å². The lowest BCUT2D eigenvalue weighted by atomic mass is 10.3. The summed E-state index contributed by atoms with van der Waals surface area (Å²) < 4.78 is 59.3. The predicted molar refractivity (Wildman–Crippen MR) is 81.8 cm³/mol. The molecule has 2 aromatic heterocycles. The van der Waals surface area contributed by atoms with Crippen LogP contribution in [-0.4, -0.2) is 29.8 Å². The van der Waals surface area contributed by atoms with Crippen LogP contribution < -0.4 is 10.1 Å². The third-order valence-electron chi connectivity index (χ3n) is 2.90. The highest BCUT2D eigenvalue weighted by molar-refractivity contribution is 6.01. The second-order valence-corrected chi connectivity index (χ2v) is 5.01. The molecule has 0 saturated carbocycles. The van der Waals surface area contributed by atoms with E-state index in [1.165, 1.54) is 24.3 Å². The van der Waals surface area contributed by atoms with Crippen molar-refractivity contribution >= 4 is 17.7 Å². The van der Waals surface area contributed by atoms with Gasteiger partial charge in [-0.25, -0.2) is 13.8 Å². The number of anilines is 1. The van der Waals surface area contributed by atoms with Gasteiger partial charge in [-0.3, -0.25) is 4.79 Å². The first kappa shape index (κ1) is 18.5. The Labute approximate surface area is 140 Å². The van der Waals surface area contributed by atoms with E-state index in [1.807, 2.05) is 0 Å². The summed E-state index contributed by atoms with van der Waals surface area (Å²) in [4.78, 5) is 15.4. The van der Waals surface area contributed by atoms with Crippen LogP contribution in [0.1, 0.15) is 11.5 Å². The molecule has 1 N–H and O–H groups in total. The zero-order valence-electron chi connectivity index (χ0n) is 13.0. The Hall–Kier alpha value is -2.84. The Morgan fingerprint density at radius 3 is 2.68 bits per heavy atom. The average Bonchev–Trinajstić information content (AvgIpc) is 2.98. The Bertz CT molecular complexity index is 742. The zero-order valence-corrected chi connectivity index (χ0v) is 13.0. The Balaban J connectivity index is 1.87. The summed E-state index contributed by atoms with van der Waals surface area (Å²) in [5.74, 6) is -3.77. The SMILES string of the molecule is Cc1ccc(C=CC(=O)Nc2ccc(OCC(F)(F)C(F)F)nc2)o1. The summed E-state index contributed by atoms with van der Waals surface area (Å²) in [6.45, 7) is 0.276. The van der Waals surface area contributed by atoms with Gasteiger partial charge in [0.05, 0.1) is 11.9 Å². The van der Waals surface area contributed by atoms with Crippen molar-refractivity contribution in [3.8, 4) is 5.88 Å². The largest absolute Gasteiger partial charge is 0.471 e. The van der Waals surface area contributed by atoms with Crippen molar-refractivity contribution in [3.63, 3.8) is 0 Å². The second-order valence-electron chi connectivity index (χ2n) is 5.01. The van der Waals surface area contributed by atoms with Crippen molar-refractivity contribution in [1.29, 1.82) is 0 Å². The van der Waals surface area contributed by atoms with Crippen LogP contribution >= 0.6 is 0 Å². The number of rotatable bonds is 7. The summed E-state index contributed by atoms with van der Waals surface area (Å²) in [7, 11) is 0. The summed E-state index contributed by atoms with van der Waals surface area (Å²) in [6, 6.07) is 5.96. The fraction of sp³-hybridized carbons (Fsp3) is 0.250. The first-order valence-corrected chi connectivity index (χ1v) is 7.06. The van der Waals surface area contributed by atoms with Crippen LogP contribution in [0.25, 0.3) is 6.08 Å². The van der Waals surface area contributed by atoms with Crippen LogP contribution in [-0.2, 0) is 4.79 Å². The molecule has 0 radical (unpaired) electrons. The number of carbonyl (C=O) groups is 1. The molecule has 0 fully saturated rings. The van der Waals surface area contributed by atoms with Crippen molar-refractivity contribution in [1.82, 2.24) is 4.98 Å². The molecule has 0 aliphatic carbocycles. The number of hydrogen-bond acceptors (Lipinski definition) is 4. The molecule has 0 aromatic carbocycles. The fourth-order valence-electron chi connectivity index (χ4n) is 1.66. The molecule has 0 saturated heterocycles. The molecular formula is C16H14F4N2O3. The topological polar surface area (TPSA) is 64.4 Å². The lowest BCUT2D eigenvalue weighted by Gasteiger charge is -2.15. The molecule has 0 bridgehead atoms. The average molecular weight is 358 g/mol. The number of furan rings is 1. The van der Waals surface area contributed by atoms with Crippen molar-refractivity contribution in [2.24, 2.45) is 0 Å². The van der Waals surface area contributed by atoms with Crippen LogP contribution in [0.4, 0.5) is 23.2 Å². The maximum Gasteiger partial charge on any atom is 0.340 e. The third-order valence-corrected chi connectivity index (χ3v) is 2.90. The van der Waals surface area contributed by atoms with E-state index in [0.717, 1.165) is 6.20 Å². The van der Waals surface area contributed by atoms with Gasteiger partial charge in [-0.05, 0) is 31.2 Å². The van der Waals surface area contributed by atoms with Crippen LogP contribution in [0, 0.1) is 6.92 Å². The van der Waals surface area contributed by atoms with Gasteiger partial charge in [0.1, 0.15) is 11.5 Å². The number of pyridine rings is 1. The highest BCUT2D eigenvalue weighted by Gasteiger charge is 2.41. The summed E-state index contributed by atoms with van der Waals surface area (Å²) in [5, 5.41) is 2.48. The highest BCUT2D eigenvalue weighted by atomic mass is 19.3. The van der Waals surface area contributed by atoms with Gasteiger partial charge in [-0.2, -0.15) is 8.78 Å². The minimum absolute atomic E-state index is 0.264. The first-order chi connectivity index (χ1) is 11.8. The van der Waals surface area contributed by atoms with E-state index in [-0.39, 0.29) is 11.6 Å². The Morgan fingerprint density at radius 1 is 1.36 bits per heavy atom. The number of aromatic nitrogens is 1. The smallest absolute Gasteiger partial charge is 0.340 e. The van der Waals surface area contributed by atoms with Crippen LogP contribution in [0.2, 0.25) is 0 Å². The molecule has 2 heterocycles. The summed E-state index contributed by atoms with van der Waals surface area (Å²) in [5.41, 5.74) is 0.276. The molecule has 0 aliphatic heterocycles. The number of carbonyl (C=O) groups excluding carboxylic acids is 1. The molecule has 0 aliphatic rings. The van der Waals surface area contributed by atoms with Gasteiger partial charge in [0.15, 0.2) is 6.61 Å². The first-order valence-electron chi connectivity index (χ1n) is 7.06. The van der Waals surface area contributed by atoms with Gasteiger partial charge < -0.3 is 14.5 Å². The normalized spacial score (nSPS) is 11.9. The van der Waals surface area contributed by atoms with E-state index in [9.17, 15) is 22.4 Å². The Kier molecular flexibility index (Phi) is 5.79. The lowest BCUT2D eigenvalue weighted by molar-refractivity contribution is -0.148. The van der Waals surface area contributed by atoms with Crippen molar-refractivity contribution in [3.05, 3.63) is 48.1 Å². The number of hydrogen-bond donors (Lipinski definition) is 1. The van der Waals surface area contributed by atoms with Crippen LogP contribution in [0.3, 0.4) is 0 Å². The molecule has 2 aromatic rings. The molecule has 0 atom stereocenters. The molecule has 2 rings (SSSR count). The van der Waals surface area contributed by atoms with E-state index < -0.39 is 24.9 Å². The quantitative estimate of drug-likeness (QED) is 0.602. The molecule has 0 unspecified atom stereocenters. The van der Waals surface area contributed by atoms with Gasteiger partial charge in [-0.1, -0.05) is 0 Å². The van der Waals surface area contributed by atoms with Crippen molar-refractivity contribution in [2.75, 3.05) is 11.9 Å². The number of halogens is 4. The van der Waals surface area contributed by atoms with Gasteiger partial charge >= 0.3 is 12.3 Å². The van der Waals surface area contributed by atoms with E-state index in [0.29, 0.717) is 11.5 Å². The monoisotopic (exact) mass is 358 g/mol. The molecule has 0 spiro atoms. The maximum atomic E-state index is 12.7. The molecule has 134 valence electrons. The Morgan fingerprint density at radius 2 is 2.12 bits per heavy atom. The zero-order chi connectivity index (χ0) is 18.4. The standard InChI is InChI=1S/C16H14F4N2O3/c1-10-2-4-12(25-10)5-6-13(23)22-11-3-7-14(21-8-11)24-9-16(19,20)15(17)18/h2-8,15H,9H2,1H3,(H,22,23). The maximum absolute atomic E-state index is 12.7. The lowest BCUT2D eigenvalue weighted by Crippen LogP contribution is -2.33.